The summed E-state index contributed by atoms with van der Waals surface area (Å²) in [6, 6.07) is 6.46. The first-order valence-electron chi connectivity index (χ1n) is 13.7. The van der Waals surface area contributed by atoms with E-state index >= 15 is 0 Å². The topological polar surface area (TPSA) is 18.5 Å². The van der Waals surface area contributed by atoms with Crippen LogP contribution >= 0.6 is 12.2 Å². The molecule has 39 heavy (non-hydrogen) atoms. The average Bonchev–Trinajstić information content (AvgIpc) is 2.92. The number of hydrogen-bond donors (Lipinski definition) is 0. The Morgan fingerprint density at radius 1 is 0.769 bits per heavy atom. The number of halogens is 5. The summed E-state index contributed by atoms with van der Waals surface area (Å²) < 4.78 is 84.9. The maximum atomic E-state index is 15.0. The molecule has 1 saturated carbocycles. The number of fused-ring (bicyclic) bond motifs is 1. The molecular formula is C31H33F5O2S. The molecule has 0 heterocycles. The van der Waals surface area contributed by atoms with Gasteiger partial charge in [0.2, 0.25) is 10.9 Å². The Morgan fingerprint density at radius 3 is 2.13 bits per heavy atom. The molecule has 8 heteroatoms. The summed E-state index contributed by atoms with van der Waals surface area (Å²) in [5, 5.41) is -1.16. The van der Waals surface area contributed by atoms with Crippen molar-refractivity contribution in [2.24, 2.45) is 11.8 Å². The van der Waals surface area contributed by atoms with Crippen LogP contribution in [0.2, 0.25) is 0 Å². The lowest BCUT2D eigenvalue weighted by Crippen LogP contribution is -2.16. The highest BCUT2D eigenvalue weighted by atomic mass is 32.1. The van der Waals surface area contributed by atoms with Crippen molar-refractivity contribution >= 4 is 28.0 Å². The van der Waals surface area contributed by atoms with Crippen LogP contribution in [-0.2, 0) is 6.42 Å². The molecule has 0 saturated heterocycles. The van der Waals surface area contributed by atoms with Crippen molar-refractivity contribution < 1.29 is 31.4 Å². The molecule has 0 aromatic heterocycles. The van der Waals surface area contributed by atoms with E-state index in [1.54, 1.807) is 0 Å². The summed E-state index contributed by atoms with van der Waals surface area (Å²) in [6.45, 7) is 4.23. The molecule has 2 nitrogen and oxygen atoms in total. The van der Waals surface area contributed by atoms with Gasteiger partial charge in [0, 0.05) is 0 Å². The van der Waals surface area contributed by atoms with Crippen LogP contribution in [0, 0.1) is 40.9 Å². The van der Waals surface area contributed by atoms with Gasteiger partial charge in [-0.15, -0.1) is 0 Å². The van der Waals surface area contributed by atoms with Crippen LogP contribution in [-0.4, -0.2) is 11.7 Å². The molecule has 0 atom stereocenters. The minimum absolute atomic E-state index is 0.00113. The number of thiocarbonyl (C=S) groups is 1. The Kier molecular flexibility index (Phi) is 9.81. The van der Waals surface area contributed by atoms with E-state index in [0.717, 1.165) is 31.2 Å². The third-order valence-corrected chi connectivity index (χ3v) is 7.89. The van der Waals surface area contributed by atoms with Gasteiger partial charge in [0.15, 0.2) is 34.8 Å². The molecular weight excluding hydrogens is 531 g/mol. The highest BCUT2D eigenvalue weighted by Crippen LogP contribution is 2.36. The van der Waals surface area contributed by atoms with Crippen molar-refractivity contribution in [2.45, 2.75) is 71.6 Å². The zero-order valence-corrected chi connectivity index (χ0v) is 23.0. The van der Waals surface area contributed by atoms with Crippen LogP contribution in [0.1, 0.15) is 76.3 Å². The molecule has 3 aromatic rings. The predicted octanol–water partition coefficient (Wildman–Crippen LogP) is 9.62. The first-order valence-corrected chi connectivity index (χ1v) is 14.1. The van der Waals surface area contributed by atoms with Crippen molar-refractivity contribution in [3.05, 3.63) is 70.5 Å². The van der Waals surface area contributed by atoms with Crippen LogP contribution < -0.4 is 9.47 Å². The molecule has 210 valence electrons. The number of aryl methyl sites for hydroxylation is 1. The number of benzene rings is 3. The summed E-state index contributed by atoms with van der Waals surface area (Å²) in [4.78, 5) is 0. The van der Waals surface area contributed by atoms with Crippen molar-refractivity contribution in [1.82, 2.24) is 0 Å². The lowest BCUT2D eigenvalue weighted by atomic mass is 9.78. The first kappa shape index (κ1) is 29.2. The Balaban J connectivity index is 1.47. The van der Waals surface area contributed by atoms with E-state index in [4.69, 9.17) is 21.7 Å². The van der Waals surface area contributed by atoms with E-state index in [0.29, 0.717) is 18.8 Å². The molecule has 0 spiro atoms. The maximum Gasteiger partial charge on any atom is 0.202 e. The van der Waals surface area contributed by atoms with E-state index in [-0.39, 0.29) is 28.9 Å². The molecule has 0 amide bonds. The number of ether oxygens (including phenoxy) is 2. The second kappa shape index (κ2) is 13.1. The van der Waals surface area contributed by atoms with Gasteiger partial charge in [0.05, 0.1) is 17.6 Å². The normalized spacial score (nSPS) is 17.4. The summed E-state index contributed by atoms with van der Waals surface area (Å²) in [5.41, 5.74) is -0.130. The third-order valence-electron chi connectivity index (χ3n) is 7.59. The predicted molar refractivity (Wildman–Crippen MR) is 147 cm³/mol. The van der Waals surface area contributed by atoms with Crippen LogP contribution in [0.3, 0.4) is 0 Å². The summed E-state index contributed by atoms with van der Waals surface area (Å²) in [7, 11) is 0. The van der Waals surface area contributed by atoms with Crippen LogP contribution in [0.25, 0.3) is 10.8 Å². The van der Waals surface area contributed by atoms with Gasteiger partial charge in [-0.1, -0.05) is 64.5 Å². The van der Waals surface area contributed by atoms with Crippen molar-refractivity contribution in [1.29, 1.82) is 0 Å². The standard InChI is InChI=1S/C31H33F5O2S/c1-3-5-18-6-8-19(9-7-18)10-11-20-12-14-22(27(33)26(20)32)31(39)38-24-17-21-13-15-23(37-16-4-2)28(34)25(21)30(36)29(24)35/h12-15,17-19H,3-11,16H2,1-2H3. The minimum atomic E-state index is -1.50. The van der Waals surface area contributed by atoms with Crippen molar-refractivity contribution in [3.8, 4) is 11.5 Å². The van der Waals surface area contributed by atoms with Gasteiger partial charge >= 0.3 is 0 Å². The number of hydrogen-bond acceptors (Lipinski definition) is 3. The lowest BCUT2D eigenvalue weighted by molar-refractivity contribution is 0.251. The quantitative estimate of drug-likeness (QED) is 0.180. The fraction of sp³-hybridized carbons (Fsp3) is 0.452. The third kappa shape index (κ3) is 6.53. The molecule has 1 fully saturated rings. The summed E-state index contributed by atoms with van der Waals surface area (Å²) in [6.07, 6.45) is 8.81. The Bertz CT molecular complexity index is 1330. The number of rotatable bonds is 10. The molecule has 0 radical (unpaired) electrons. The molecule has 0 aliphatic heterocycles. The van der Waals surface area contributed by atoms with Crippen LogP contribution in [0.4, 0.5) is 22.0 Å². The van der Waals surface area contributed by atoms with Crippen LogP contribution in [0.5, 0.6) is 11.5 Å². The first-order chi connectivity index (χ1) is 18.7. The summed E-state index contributed by atoms with van der Waals surface area (Å²) in [5.74, 6) is -5.84. The van der Waals surface area contributed by atoms with Gasteiger partial charge in [0.25, 0.3) is 0 Å². The lowest BCUT2D eigenvalue weighted by Gasteiger charge is -2.28. The zero-order valence-electron chi connectivity index (χ0n) is 22.2. The van der Waals surface area contributed by atoms with Gasteiger partial charge < -0.3 is 9.47 Å². The second-order valence-electron chi connectivity index (χ2n) is 10.3. The Hall–Kier alpha value is -2.74. The van der Waals surface area contributed by atoms with Crippen molar-refractivity contribution in [2.75, 3.05) is 6.61 Å². The minimum Gasteiger partial charge on any atom is -0.491 e. The van der Waals surface area contributed by atoms with Gasteiger partial charge in [-0.3, -0.25) is 0 Å². The zero-order chi connectivity index (χ0) is 28.1. The Labute approximate surface area is 231 Å². The second-order valence-corrected chi connectivity index (χ2v) is 10.7. The van der Waals surface area contributed by atoms with Gasteiger partial charge in [0.1, 0.15) is 0 Å². The monoisotopic (exact) mass is 564 g/mol. The van der Waals surface area contributed by atoms with E-state index in [1.165, 1.54) is 49.9 Å². The molecule has 0 bridgehead atoms. The fourth-order valence-electron chi connectivity index (χ4n) is 5.41. The van der Waals surface area contributed by atoms with E-state index in [2.05, 4.69) is 6.92 Å². The highest BCUT2D eigenvalue weighted by Gasteiger charge is 2.25. The fourth-order valence-corrected chi connectivity index (χ4v) is 5.65. The molecule has 1 aliphatic carbocycles. The van der Waals surface area contributed by atoms with Crippen LogP contribution in [0.15, 0.2) is 30.3 Å². The maximum absolute atomic E-state index is 15.0. The SMILES string of the molecule is CCCOc1ccc2cc(OC(=S)c3ccc(CCC4CCC(CCC)CC4)c(F)c3F)c(F)c(F)c2c1F. The largest absolute Gasteiger partial charge is 0.491 e. The van der Waals surface area contributed by atoms with Gasteiger partial charge in [-0.2, -0.15) is 4.39 Å². The van der Waals surface area contributed by atoms with E-state index in [1.807, 2.05) is 6.92 Å². The molecule has 0 N–H and O–H groups in total. The molecule has 3 aromatic carbocycles. The average molecular weight is 565 g/mol. The van der Waals surface area contributed by atoms with E-state index in [9.17, 15) is 22.0 Å². The van der Waals surface area contributed by atoms with Gasteiger partial charge in [-0.25, -0.2) is 17.6 Å². The van der Waals surface area contributed by atoms with E-state index < -0.39 is 45.3 Å². The smallest absolute Gasteiger partial charge is 0.202 e. The van der Waals surface area contributed by atoms with Gasteiger partial charge in [-0.05, 0) is 72.5 Å². The summed E-state index contributed by atoms with van der Waals surface area (Å²) >= 11 is 5.10. The highest BCUT2D eigenvalue weighted by molar-refractivity contribution is 7.80. The molecule has 1 aliphatic rings. The van der Waals surface area contributed by atoms with Crippen molar-refractivity contribution in [3.63, 3.8) is 0 Å². The Morgan fingerprint density at radius 2 is 1.46 bits per heavy atom. The molecule has 4 rings (SSSR count). The molecule has 0 unspecified atom stereocenters.